The Hall–Kier alpha value is -0.770. The zero-order chi connectivity index (χ0) is 7.84. The molecular formula is C7H13N3O. The molecule has 0 aromatic rings. The van der Waals surface area contributed by atoms with Gasteiger partial charge in [-0.3, -0.25) is 0 Å². The van der Waals surface area contributed by atoms with Gasteiger partial charge in [0.05, 0.1) is 0 Å². The van der Waals surface area contributed by atoms with Crippen LogP contribution in [0.25, 0.3) is 0 Å². The van der Waals surface area contributed by atoms with E-state index in [1.165, 1.54) is 6.42 Å². The molecule has 0 aromatic carbocycles. The number of nitrogens with zero attached hydrogens (tertiary/aromatic N) is 1. The summed E-state index contributed by atoms with van der Waals surface area (Å²) in [7, 11) is 0. The summed E-state index contributed by atoms with van der Waals surface area (Å²) in [5, 5.41) is 3.35. The summed E-state index contributed by atoms with van der Waals surface area (Å²) in [6.45, 7) is 2.76. The van der Waals surface area contributed by atoms with Crippen molar-refractivity contribution in [1.82, 2.24) is 10.2 Å². The Kier molecular flexibility index (Phi) is 1.49. The van der Waals surface area contributed by atoms with Gasteiger partial charge in [0.15, 0.2) is 0 Å². The number of fused-ring (bicyclic) bond motifs is 1. The SMILES string of the molecule is NC(=O)N1C[C@@H]2CCN[C@@H]2C1. The Bertz CT molecular complexity index is 171. The van der Waals surface area contributed by atoms with Crippen LogP contribution < -0.4 is 11.1 Å². The fraction of sp³-hybridized carbons (Fsp3) is 0.857. The van der Waals surface area contributed by atoms with Gasteiger partial charge in [0.1, 0.15) is 0 Å². The van der Waals surface area contributed by atoms with Gasteiger partial charge < -0.3 is 16.0 Å². The van der Waals surface area contributed by atoms with E-state index < -0.39 is 0 Å². The third kappa shape index (κ3) is 1.07. The molecule has 0 spiro atoms. The summed E-state index contributed by atoms with van der Waals surface area (Å²) in [5.74, 6) is 0.655. The van der Waals surface area contributed by atoms with E-state index in [1.54, 1.807) is 4.90 Å². The first kappa shape index (κ1) is 6.91. The summed E-state index contributed by atoms with van der Waals surface area (Å²) < 4.78 is 0. The quantitative estimate of drug-likeness (QED) is 0.489. The van der Waals surface area contributed by atoms with E-state index in [9.17, 15) is 4.79 Å². The highest BCUT2D eigenvalue weighted by Gasteiger charge is 2.36. The minimum Gasteiger partial charge on any atom is -0.351 e. The minimum atomic E-state index is -0.277. The average molecular weight is 155 g/mol. The van der Waals surface area contributed by atoms with Crippen LogP contribution in [-0.4, -0.2) is 36.6 Å². The number of carbonyl (C=O) groups is 1. The Morgan fingerprint density at radius 2 is 2.36 bits per heavy atom. The Morgan fingerprint density at radius 3 is 3.00 bits per heavy atom. The van der Waals surface area contributed by atoms with Crippen LogP contribution >= 0.6 is 0 Å². The van der Waals surface area contributed by atoms with Crippen LogP contribution in [0.15, 0.2) is 0 Å². The van der Waals surface area contributed by atoms with Crippen molar-refractivity contribution in [3.05, 3.63) is 0 Å². The van der Waals surface area contributed by atoms with Crippen molar-refractivity contribution in [2.75, 3.05) is 19.6 Å². The normalized spacial score (nSPS) is 35.8. The van der Waals surface area contributed by atoms with E-state index in [0.29, 0.717) is 12.0 Å². The first-order valence-electron chi connectivity index (χ1n) is 4.05. The molecule has 2 aliphatic rings. The molecule has 2 aliphatic heterocycles. The molecule has 0 aliphatic carbocycles. The predicted octanol–water partition coefficient (Wildman–Crippen LogP) is -0.641. The Balaban J connectivity index is 1.99. The second kappa shape index (κ2) is 2.37. The third-order valence-electron chi connectivity index (χ3n) is 2.67. The molecular weight excluding hydrogens is 142 g/mol. The van der Waals surface area contributed by atoms with Crippen molar-refractivity contribution in [3.63, 3.8) is 0 Å². The minimum absolute atomic E-state index is 0.277. The van der Waals surface area contributed by atoms with Gasteiger partial charge in [-0.2, -0.15) is 0 Å². The van der Waals surface area contributed by atoms with Crippen molar-refractivity contribution in [1.29, 1.82) is 0 Å². The highest BCUT2D eigenvalue weighted by Crippen LogP contribution is 2.23. The number of amides is 2. The number of rotatable bonds is 0. The molecule has 0 saturated carbocycles. The molecule has 0 aromatic heterocycles. The van der Waals surface area contributed by atoms with E-state index in [2.05, 4.69) is 5.32 Å². The molecule has 2 amide bonds. The number of nitrogens with two attached hydrogens (primary N) is 1. The van der Waals surface area contributed by atoms with Crippen LogP contribution in [0.2, 0.25) is 0 Å². The topological polar surface area (TPSA) is 58.4 Å². The zero-order valence-corrected chi connectivity index (χ0v) is 6.42. The van der Waals surface area contributed by atoms with Gasteiger partial charge in [0.2, 0.25) is 0 Å². The largest absolute Gasteiger partial charge is 0.351 e. The van der Waals surface area contributed by atoms with Crippen molar-refractivity contribution in [2.24, 2.45) is 11.7 Å². The zero-order valence-electron chi connectivity index (χ0n) is 6.42. The van der Waals surface area contributed by atoms with Crippen LogP contribution in [0, 0.1) is 5.92 Å². The maximum absolute atomic E-state index is 10.8. The van der Waals surface area contributed by atoms with E-state index >= 15 is 0 Å². The average Bonchev–Trinajstić information content (AvgIpc) is 2.40. The van der Waals surface area contributed by atoms with E-state index in [1.807, 2.05) is 0 Å². The van der Waals surface area contributed by atoms with Crippen LogP contribution in [0.1, 0.15) is 6.42 Å². The molecule has 0 unspecified atom stereocenters. The maximum atomic E-state index is 10.8. The summed E-state index contributed by atoms with van der Waals surface area (Å²) in [6.07, 6.45) is 1.19. The van der Waals surface area contributed by atoms with Crippen molar-refractivity contribution in [2.45, 2.75) is 12.5 Å². The van der Waals surface area contributed by atoms with Gasteiger partial charge in [-0.25, -0.2) is 4.79 Å². The lowest BCUT2D eigenvalue weighted by molar-refractivity contribution is 0.215. The molecule has 2 atom stereocenters. The van der Waals surface area contributed by atoms with E-state index in [4.69, 9.17) is 5.73 Å². The van der Waals surface area contributed by atoms with Gasteiger partial charge in [-0.1, -0.05) is 0 Å². The van der Waals surface area contributed by atoms with Crippen molar-refractivity contribution >= 4 is 6.03 Å². The predicted molar refractivity (Wildman–Crippen MR) is 41.1 cm³/mol. The third-order valence-corrected chi connectivity index (χ3v) is 2.67. The molecule has 62 valence electrons. The first-order chi connectivity index (χ1) is 5.27. The van der Waals surface area contributed by atoms with Gasteiger partial charge >= 0.3 is 6.03 Å². The molecule has 2 heterocycles. The highest BCUT2D eigenvalue weighted by molar-refractivity contribution is 5.72. The summed E-state index contributed by atoms with van der Waals surface area (Å²) in [5.41, 5.74) is 5.16. The summed E-state index contributed by atoms with van der Waals surface area (Å²) in [4.78, 5) is 12.5. The number of nitrogens with one attached hydrogen (secondary N) is 1. The highest BCUT2D eigenvalue weighted by atomic mass is 16.2. The van der Waals surface area contributed by atoms with Crippen LogP contribution in [0.4, 0.5) is 4.79 Å². The lowest BCUT2D eigenvalue weighted by atomic mass is 10.1. The summed E-state index contributed by atoms with van der Waals surface area (Å²) in [6, 6.07) is 0.240. The van der Waals surface area contributed by atoms with Crippen molar-refractivity contribution < 1.29 is 4.79 Å². The molecule has 11 heavy (non-hydrogen) atoms. The summed E-state index contributed by atoms with van der Waals surface area (Å²) >= 11 is 0. The fourth-order valence-electron chi connectivity index (χ4n) is 2.03. The number of primary amides is 1. The number of urea groups is 1. The maximum Gasteiger partial charge on any atom is 0.314 e. The van der Waals surface area contributed by atoms with E-state index in [-0.39, 0.29) is 6.03 Å². The second-order valence-electron chi connectivity index (χ2n) is 3.35. The van der Waals surface area contributed by atoms with Crippen LogP contribution in [0.3, 0.4) is 0 Å². The number of hydrogen-bond acceptors (Lipinski definition) is 2. The van der Waals surface area contributed by atoms with Crippen LogP contribution in [0.5, 0.6) is 0 Å². The lowest BCUT2D eigenvalue weighted by Crippen LogP contribution is -2.37. The Morgan fingerprint density at radius 1 is 1.55 bits per heavy atom. The van der Waals surface area contributed by atoms with Crippen LogP contribution in [-0.2, 0) is 0 Å². The number of carbonyl (C=O) groups excluding carboxylic acids is 1. The number of likely N-dealkylation sites (tertiary alicyclic amines) is 1. The monoisotopic (exact) mass is 155 g/mol. The molecule has 2 saturated heterocycles. The van der Waals surface area contributed by atoms with E-state index in [0.717, 1.165) is 19.6 Å². The van der Waals surface area contributed by atoms with Gasteiger partial charge in [0.25, 0.3) is 0 Å². The molecule has 2 fully saturated rings. The molecule has 4 heteroatoms. The molecule has 4 nitrogen and oxygen atoms in total. The molecule has 0 bridgehead atoms. The molecule has 3 N–H and O–H groups in total. The number of hydrogen-bond donors (Lipinski definition) is 2. The smallest absolute Gasteiger partial charge is 0.314 e. The molecule has 0 radical (unpaired) electrons. The van der Waals surface area contributed by atoms with Gasteiger partial charge in [0, 0.05) is 19.1 Å². The lowest BCUT2D eigenvalue weighted by Gasteiger charge is -2.13. The second-order valence-corrected chi connectivity index (χ2v) is 3.35. The first-order valence-corrected chi connectivity index (χ1v) is 4.05. The fourth-order valence-corrected chi connectivity index (χ4v) is 2.03. The standard InChI is InChI=1S/C7H13N3O/c8-7(11)10-3-5-1-2-9-6(5)4-10/h5-6,9H,1-4H2,(H2,8,11)/t5-,6+/m0/s1. The van der Waals surface area contributed by atoms with Crippen molar-refractivity contribution in [3.8, 4) is 0 Å². The molecule has 2 rings (SSSR count). The van der Waals surface area contributed by atoms with Gasteiger partial charge in [-0.05, 0) is 18.9 Å². The van der Waals surface area contributed by atoms with Gasteiger partial charge in [-0.15, -0.1) is 0 Å². The Labute approximate surface area is 65.7 Å².